The van der Waals surface area contributed by atoms with Crippen LogP contribution in [0, 0.1) is 0 Å². The molecule has 1 aliphatic carbocycles. The second-order valence-corrected chi connectivity index (χ2v) is 6.46. The molecule has 0 saturated heterocycles. The van der Waals surface area contributed by atoms with Gasteiger partial charge in [0.05, 0.1) is 22.5 Å². The monoisotopic (exact) mass is 346 g/mol. The first kappa shape index (κ1) is 15.1. The third kappa shape index (κ3) is 1.82. The van der Waals surface area contributed by atoms with Crippen molar-refractivity contribution in [2.45, 2.75) is 12.2 Å². The topological polar surface area (TPSA) is 106 Å². The molecule has 26 heavy (non-hydrogen) atoms. The zero-order chi connectivity index (χ0) is 18.0. The zero-order valence-corrected chi connectivity index (χ0v) is 13.5. The average molecular weight is 346 g/mol. The van der Waals surface area contributed by atoms with Crippen LogP contribution in [0.1, 0.15) is 34.7 Å². The van der Waals surface area contributed by atoms with Crippen LogP contribution < -0.4 is 10.9 Å². The Hall–Kier alpha value is -3.22. The van der Waals surface area contributed by atoms with Gasteiger partial charge in [0.1, 0.15) is 12.2 Å². The highest BCUT2D eigenvalue weighted by molar-refractivity contribution is 5.82. The Labute approximate surface area is 146 Å². The summed E-state index contributed by atoms with van der Waals surface area (Å²) in [7, 11) is 0. The minimum absolute atomic E-state index is 0.0645. The molecule has 2 atom stereocenters. The molecule has 0 saturated carbocycles. The van der Waals surface area contributed by atoms with Gasteiger partial charge in [-0.05, 0) is 24.3 Å². The van der Waals surface area contributed by atoms with Gasteiger partial charge in [0.15, 0.2) is 10.9 Å². The van der Waals surface area contributed by atoms with Crippen molar-refractivity contribution in [3.63, 3.8) is 0 Å². The Bertz CT molecular complexity index is 1220. The predicted octanol–water partition coefficient (Wildman–Crippen LogP) is 1.85. The summed E-state index contributed by atoms with van der Waals surface area (Å²) in [5, 5.41) is 22.5. The summed E-state index contributed by atoms with van der Waals surface area (Å²) in [6, 6.07) is 13.8. The van der Waals surface area contributed by atoms with E-state index in [1.165, 1.54) is 0 Å². The lowest BCUT2D eigenvalue weighted by atomic mass is 9.86. The Morgan fingerprint density at radius 2 is 1.04 bits per heavy atom. The molecule has 0 radical (unpaired) electrons. The first-order chi connectivity index (χ1) is 12.6. The number of H-pyrrole nitrogens is 2. The number of pyridine rings is 2. The van der Waals surface area contributed by atoms with E-state index in [1.54, 1.807) is 48.5 Å². The lowest BCUT2D eigenvalue weighted by Crippen LogP contribution is -2.32. The molecule has 5 rings (SSSR count). The zero-order valence-electron chi connectivity index (χ0n) is 13.5. The highest BCUT2D eigenvalue weighted by Gasteiger charge is 2.36. The van der Waals surface area contributed by atoms with E-state index in [1.807, 2.05) is 0 Å². The van der Waals surface area contributed by atoms with E-state index in [-0.39, 0.29) is 33.4 Å². The van der Waals surface area contributed by atoms with Crippen molar-refractivity contribution in [3.05, 3.63) is 91.5 Å². The Morgan fingerprint density at radius 1 is 0.654 bits per heavy atom. The number of para-hydroxylation sites is 2. The fraction of sp³-hybridized carbons (Fsp3) is 0.100. The number of aromatic nitrogens is 2. The molecular weight excluding hydrogens is 332 g/mol. The third-order valence-electron chi connectivity index (χ3n) is 5.05. The van der Waals surface area contributed by atoms with Crippen molar-refractivity contribution >= 4 is 21.8 Å². The van der Waals surface area contributed by atoms with Gasteiger partial charge in [0.25, 0.3) is 0 Å². The van der Waals surface area contributed by atoms with Crippen LogP contribution in [0.15, 0.2) is 58.1 Å². The number of nitrogens with one attached hydrogen (secondary N) is 2. The first-order valence-electron chi connectivity index (χ1n) is 8.23. The molecule has 2 unspecified atom stereocenters. The van der Waals surface area contributed by atoms with Crippen LogP contribution in [0.3, 0.4) is 0 Å². The standard InChI is InChI=1S/C20H14N2O4/c23-17-9-5-1-3-7-11(9)21-15-13(17)19(25)16-14(20(15)26)18(24)10-6-2-4-8-12(10)22-16/h1-8,19-20,25-26H,(H,21,23)(H,22,24). The third-order valence-corrected chi connectivity index (χ3v) is 5.05. The number of rotatable bonds is 0. The van der Waals surface area contributed by atoms with E-state index in [0.29, 0.717) is 21.8 Å². The number of aromatic amines is 2. The molecule has 1 aliphatic rings. The molecule has 0 bridgehead atoms. The van der Waals surface area contributed by atoms with E-state index in [9.17, 15) is 19.8 Å². The molecule has 4 aromatic rings. The van der Waals surface area contributed by atoms with Crippen molar-refractivity contribution < 1.29 is 10.2 Å². The second-order valence-electron chi connectivity index (χ2n) is 6.46. The summed E-state index contributed by atoms with van der Waals surface area (Å²) in [6.07, 6.45) is -2.65. The summed E-state index contributed by atoms with van der Waals surface area (Å²) >= 11 is 0. The van der Waals surface area contributed by atoms with Crippen LogP contribution in [0.5, 0.6) is 0 Å². The maximum Gasteiger partial charge on any atom is 0.195 e. The fourth-order valence-corrected chi connectivity index (χ4v) is 3.80. The van der Waals surface area contributed by atoms with Gasteiger partial charge in [-0.25, -0.2) is 0 Å². The SMILES string of the molecule is O=c1c2c([nH]c3ccccc13)C(O)c1c([nH]c3ccccc3c1=O)C2O. The molecule has 0 fully saturated rings. The van der Waals surface area contributed by atoms with E-state index in [4.69, 9.17) is 0 Å². The van der Waals surface area contributed by atoms with E-state index < -0.39 is 12.2 Å². The van der Waals surface area contributed by atoms with Crippen molar-refractivity contribution in [2.24, 2.45) is 0 Å². The van der Waals surface area contributed by atoms with Crippen LogP contribution in [-0.4, -0.2) is 20.2 Å². The molecule has 6 heteroatoms. The lowest BCUT2D eigenvalue weighted by Gasteiger charge is -2.28. The van der Waals surface area contributed by atoms with Gasteiger partial charge in [0, 0.05) is 21.8 Å². The number of aliphatic hydroxyl groups excluding tert-OH is 2. The van der Waals surface area contributed by atoms with Gasteiger partial charge in [-0.3, -0.25) is 9.59 Å². The average Bonchev–Trinajstić information content (AvgIpc) is 2.66. The Morgan fingerprint density at radius 3 is 1.46 bits per heavy atom. The summed E-state index contributed by atoms with van der Waals surface area (Å²) in [4.78, 5) is 31.9. The van der Waals surface area contributed by atoms with Crippen LogP contribution in [0.2, 0.25) is 0 Å². The fourth-order valence-electron chi connectivity index (χ4n) is 3.80. The van der Waals surface area contributed by atoms with E-state index in [0.717, 1.165) is 0 Å². The summed E-state index contributed by atoms with van der Waals surface area (Å²) < 4.78 is 0. The second kappa shape index (κ2) is 5.14. The molecule has 2 aromatic heterocycles. The Balaban J connectivity index is 1.91. The Kier molecular flexibility index (Phi) is 2.98. The molecule has 2 aromatic carbocycles. The first-order valence-corrected chi connectivity index (χ1v) is 8.23. The van der Waals surface area contributed by atoms with Crippen molar-refractivity contribution in [1.82, 2.24) is 9.97 Å². The van der Waals surface area contributed by atoms with E-state index in [2.05, 4.69) is 9.97 Å². The normalized spacial score (nSPS) is 18.7. The van der Waals surface area contributed by atoms with Gasteiger partial charge < -0.3 is 20.2 Å². The van der Waals surface area contributed by atoms with Gasteiger partial charge in [-0.1, -0.05) is 24.3 Å². The number of aliphatic hydroxyl groups is 2. The number of benzene rings is 2. The summed E-state index contributed by atoms with van der Waals surface area (Å²) in [6.45, 7) is 0. The lowest BCUT2D eigenvalue weighted by molar-refractivity contribution is 0.165. The number of hydrogen-bond acceptors (Lipinski definition) is 4. The smallest absolute Gasteiger partial charge is 0.195 e. The largest absolute Gasteiger partial charge is 0.382 e. The minimum atomic E-state index is -1.32. The molecule has 128 valence electrons. The van der Waals surface area contributed by atoms with Crippen molar-refractivity contribution in [2.75, 3.05) is 0 Å². The van der Waals surface area contributed by atoms with Gasteiger partial charge in [-0.2, -0.15) is 0 Å². The van der Waals surface area contributed by atoms with Crippen molar-refractivity contribution in [1.29, 1.82) is 0 Å². The van der Waals surface area contributed by atoms with E-state index >= 15 is 0 Å². The molecule has 6 nitrogen and oxygen atoms in total. The summed E-state index contributed by atoms with van der Waals surface area (Å²) in [5.41, 5.74) is 0.820. The van der Waals surface area contributed by atoms with Gasteiger partial charge in [0.2, 0.25) is 0 Å². The molecule has 4 N–H and O–H groups in total. The van der Waals surface area contributed by atoms with Crippen LogP contribution in [0.4, 0.5) is 0 Å². The molecule has 2 heterocycles. The van der Waals surface area contributed by atoms with Crippen molar-refractivity contribution in [3.8, 4) is 0 Å². The quantitative estimate of drug-likeness (QED) is 0.390. The molecule has 0 amide bonds. The molecule has 0 spiro atoms. The number of fused-ring (bicyclic) bond motifs is 4. The molecular formula is C20H14N2O4. The van der Waals surface area contributed by atoms with Crippen LogP contribution in [0.25, 0.3) is 21.8 Å². The predicted molar refractivity (Wildman–Crippen MR) is 97.3 cm³/mol. The van der Waals surface area contributed by atoms with Crippen LogP contribution in [-0.2, 0) is 0 Å². The number of hydrogen-bond donors (Lipinski definition) is 4. The summed E-state index contributed by atoms with van der Waals surface area (Å²) in [5.74, 6) is 0. The molecule has 0 aliphatic heterocycles. The van der Waals surface area contributed by atoms with Gasteiger partial charge >= 0.3 is 0 Å². The minimum Gasteiger partial charge on any atom is -0.382 e. The highest BCUT2D eigenvalue weighted by atomic mass is 16.3. The van der Waals surface area contributed by atoms with Crippen LogP contribution >= 0.6 is 0 Å². The van der Waals surface area contributed by atoms with Gasteiger partial charge in [-0.15, -0.1) is 0 Å². The highest BCUT2D eigenvalue weighted by Crippen LogP contribution is 2.37. The maximum atomic E-state index is 12.9. The maximum absolute atomic E-state index is 12.9.